The predicted molar refractivity (Wildman–Crippen MR) is 115 cm³/mol. The minimum absolute atomic E-state index is 0.000976. The Bertz CT molecular complexity index is 1260. The Morgan fingerprint density at radius 2 is 1.72 bits per heavy atom. The van der Waals surface area contributed by atoms with Crippen LogP contribution in [0.4, 0.5) is 24.5 Å². The number of benzene rings is 3. The molecule has 0 atom stereocenters. The molecule has 0 fully saturated rings. The highest BCUT2D eigenvalue weighted by Crippen LogP contribution is 2.31. The van der Waals surface area contributed by atoms with Crippen LogP contribution in [0.1, 0.15) is 15.9 Å². The Labute approximate surface area is 187 Å². The van der Waals surface area contributed by atoms with E-state index in [1.165, 1.54) is 37.4 Å². The highest BCUT2D eigenvalue weighted by Gasteiger charge is 2.30. The first-order chi connectivity index (χ1) is 15.0. The zero-order valence-corrected chi connectivity index (χ0v) is 18.0. The average molecular weight is 485 g/mol. The lowest BCUT2D eigenvalue weighted by molar-refractivity contribution is -0.137. The van der Waals surface area contributed by atoms with Gasteiger partial charge >= 0.3 is 6.18 Å². The number of halogens is 4. The van der Waals surface area contributed by atoms with Crippen LogP contribution < -0.4 is 14.8 Å². The van der Waals surface area contributed by atoms with E-state index in [2.05, 4.69) is 10.0 Å². The minimum Gasteiger partial charge on any atom is -0.495 e. The lowest BCUT2D eigenvalue weighted by Gasteiger charge is -2.13. The Morgan fingerprint density at radius 1 is 1.00 bits per heavy atom. The summed E-state index contributed by atoms with van der Waals surface area (Å²) >= 11 is 5.94. The molecule has 0 aromatic heterocycles. The van der Waals surface area contributed by atoms with Crippen LogP contribution in [0, 0.1) is 0 Å². The van der Waals surface area contributed by atoms with E-state index in [0.717, 1.165) is 18.2 Å². The topological polar surface area (TPSA) is 84.5 Å². The Morgan fingerprint density at radius 3 is 2.41 bits per heavy atom. The van der Waals surface area contributed by atoms with Crippen LogP contribution in [-0.2, 0) is 16.2 Å². The maximum Gasteiger partial charge on any atom is 0.416 e. The molecule has 168 valence electrons. The molecule has 0 spiro atoms. The summed E-state index contributed by atoms with van der Waals surface area (Å²) < 4.78 is 71.3. The zero-order valence-electron chi connectivity index (χ0n) is 16.4. The molecule has 0 aliphatic carbocycles. The second-order valence-corrected chi connectivity index (χ2v) is 8.63. The largest absolute Gasteiger partial charge is 0.495 e. The van der Waals surface area contributed by atoms with Crippen molar-refractivity contribution in [2.24, 2.45) is 0 Å². The summed E-state index contributed by atoms with van der Waals surface area (Å²) in [5.41, 5.74) is -0.987. The normalized spacial score (nSPS) is 11.7. The third-order valence-corrected chi connectivity index (χ3v) is 5.87. The van der Waals surface area contributed by atoms with Crippen molar-refractivity contribution in [2.75, 3.05) is 17.1 Å². The summed E-state index contributed by atoms with van der Waals surface area (Å²) in [5.74, 6) is -0.292. The van der Waals surface area contributed by atoms with Crippen molar-refractivity contribution in [3.63, 3.8) is 0 Å². The zero-order chi connectivity index (χ0) is 23.5. The highest BCUT2D eigenvalue weighted by atomic mass is 35.5. The first-order valence-electron chi connectivity index (χ1n) is 8.94. The van der Waals surface area contributed by atoms with Gasteiger partial charge in [-0.3, -0.25) is 9.52 Å². The first-order valence-corrected chi connectivity index (χ1v) is 10.8. The number of hydrogen-bond acceptors (Lipinski definition) is 4. The molecule has 0 radical (unpaired) electrons. The Balaban J connectivity index is 1.85. The number of ether oxygens (including phenoxy) is 1. The lowest BCUT2D eigenvalue weighted by Crippen LogP contribution is -2.16. The molecule has 3 aromatic rings. The van der Waals surface area contributed by atoms with Crippen LogP contribution in [-0.4, -0.2) is 21.4 Å². The van der Waals surface area contributed by atoms with Crippen molar-refractivity contribution in [2.45, 2.75) is 11.1 Å². The van der Waals surface area contributed by atoms with Gasteiger partial charge in [0, 0.05) is 16.3 Å². The van der Waals surface area contributed by atoms with Crippen molar-refractivity contribution in [3.05, 3.63) is 82.9 Å². The third-order valence-electron chi connectivity index (χ3n) is 4.26. The van der Waals surface area contributed by atoms with Crippen molar-refractivity contribution < 1.29 is 31.1 Å². The van der Waals surface area contributed by atoms with E-state index >= 15 is 0 Å². The fourth-order valence-corrected chi connectivity index (χ4v) is 4.02. The van der Waals surface area contributed by atoms with Crippen LogP contribution >= 0.6 is 11.6 Å². The third kappa shape index (κ3) is 5.51. The molecular formula is C21H16ClF3N2O4S. The quantitative estimate of drug-likeness (QED) is 0.489. The maximum atomic E-state index is 12.9. The van der Waals surface area contributed by atoms with Gasteiger partial charge in [0.15, 0.2) is 0 Å². The number of sulfonamides is 1. The van der Waals surface area contributed by atoms with E-state index in [9.17, 15) is 26.4 Å². The molecule has 6 nitrogen and oxygen atoms in total. The SMILES string of the molecule is COc1ccc(Cl)cc1NC(=O)c1cccc(S(=O)(=O)Nc2cccc(C(F)(F)F)c2)c1. The second kappa shape index (κ2) is 9.09. The van der Waals surface area contributed by atoms with Gasteiger partial charge in [0.2, 0.25) is 0 Å². The van der Waals surface area contributed by atoms with Crippen molar-refractivity contribution in [1.82, 2.24) is 0 Å². The first kappa shape index (κ1) is 23.4. The minimum atomic E-state index is -4.62. The number of hydrogen-bond donors (Lipinski definition) is 2. The summed E-state index contributed by atoms with van der Waals surface area (Å²) in [6.07, 6.45) is -4.62. The summed E-state index contributed by atoms with van der Waals surface area (Å²) in [7, 11) is -2.86. The number of nitrogens with one attached hydrogen (secondary N) is 2. The molecule has 2 N–H and O–H groups in total. The van der Waals surface area contributed by atoms with E-state index in [4.69, 9.17) is 16.3 Å². The van der Waals surface area contributed by atoms with Gasteiger partial charge in [0.25, 0.3) is 15.9 Å². The number of amides is 1. The standard InChI is InChI=1S/C21H16ClF3N2O4S/c1-31-19-9-8-15(22)12-18(19)26-20(28)13-4-2-7-17(10-13)32(29,30)27-16-6-3-5-14(11-16)21(23,24)25/h2-12,27H,1H3,(H,26,28). The van der Waals surface area contributed by atoms with Gasteiger partial charge in [-0.15, -0.1) is 0 Å². The fourth-order valence-electron chi connectivity index (χ4n) is 2.75. The number of carbonyl (C=O) groups is 1. The molecule has 0 saturated carbocycles. The summed E-state index contributed by atoms with van der Waals surface area (Å²) in [6, 6.07) is 13.4. The molecule has 0 saturated heterocycles. The number of carbonyl (C=O) groups excluding carboxylic acids is 1. The second-order valence-electron chi connectivity index (χ2n) is 6.51. The van der Waals surface area contributed by atoms with Gasteiger partial charge in [-0.1, -0.05) is 23.7 Å². The number of rotatable bonds is 6. The van der Waals surface area contributed by atoms with Crippen LogP contribution in [0.2, 0.25) is 5.02 Å². The molecule has 0 aliphatic heterocycles. The van der Waals surface area contributed by atoms with Gasteiger partial charge in [-0.05, 0) is 54.6 Å². The fraction of sp³-hybridized carbons (Fsp3) is 0.0952. The van der Waals surface area contributed by atoms with E-state index < -0.39 is 27.7 Å². The van der Waals surface area contributed by atoms with Gasteiger partial charge < -0.3 is 10.1 Å². The highest BCUT2D eigenvalue weighted by molar-refractivity contribution is 7.92. The molecule has 32 heavy (non-hydrogen) atoms. The van der Waals surface area contributed by atoms with Crippen LogP contribution in [0.25, 0.3) is 0 Å². The maximum absolute atomic E-state index is 12.9. The van der Waals surface area contributed by atoms with E-state index in [-0.39, 0.29) is 21.8 Å². The lowest BCUT2D eigenvalue weighted by atomic mass is 10.2. The van der Waals surface area contributed by atoms with Crippen molar-refractivity contribution >= 4 is 38.9 Å². The average Bonchev–Trinajstić information content (AvgIpc) is 2.73. The molecule has 0 heterocycles. The van der Waals surface area contributed by atoms with Crippen LogP contribution in [0.5, 0.6) is 5.75 Å². The van der Waals surface area contributed by atoms with E-state index in [1.54, 1.807) is 12.1 Å². The molecule has 3 rings (SSSR count). The summed E-state index contributed by atoms with van der Waals surface area (Å²) in [4.78, 5) is 12.3. The van der Waals surface area contributed by atoms with Crippen LogP contribution in [0.15, 0.2) is 71.6 Å². The van der Waals surface area contributed by atoms with Crippen molar-refractivity contribution in [3.8, 4) is 5.75 Å². The smallest absolute Gasteiger partial charge is 0.416 e. The number of methoxy groups -OCH3 is 1. The van der Waals surface area contributed by atoms with Gasteiger partial charge in [-0.25, -0.2) is 8.42 Å². The molecule has 11 heteroatoms. The van der Waals surface area contributed by atoms with Gasteiger partial charge in [-0.2, -0.15) is 13.2 Å². The molecule has 0 unspecified atom stereocenters. The van der Waals surface area contributed by atoms with Crippen LogP contribution in [0.3, 0.4) is 0 Å². The monoisotopic (exact) mass is 484 g/mol. The number of anilines is 2. The molecular weight excluding hydrogens is 469 g/mol. The summed E-state index contributed by atoms with van der Waals surface area (Å²) in [6.45, 7) is 0. The predicted octanol–water partition coefficient (Wildman–Crippen LogP) is 5.42. The Hall–Kier alpha value is -3.24. The van der Waals surface area contributed by atoms with E-state index in [0.29, 0.717) is 16.8 Å². The molecule has 1 amide bonds. The van der Waals surface area contributed by atoms with E-state index in [1.807, 2.05) is 0 Å². The molecule has 0 aliphatic rings. The number of alkyl halides is 3. The van der Waals surface area contributed by atoms with Gasteiger partial charge in [0.05, 0.1) is 23.3 Å². The van der Waals surface area contributed by atoms with Gasteiger partial charge in [0.1, 0.15) is 5.75 Å². The van der Waals surface area contributed by atoms with Crippen molar-refractivity contribution in [1.29, 1.82) is 0 Å². The summed E-state index contributed by atoms with van der Waals surface area (Å²) in [5, 5.41) is 2.93. The molecule has 0 bridgehead atoms. The molecule has 3 aromatic carbocycles. The Kier molecular flexibility index (Phi) is 6.65.